The lowest BCUT2D eigenvalue weighted by Gasteiger charge is -2.48. The highest BCUT2D eigenvalue weighted by atomic mass is 16.3. The third-order valence-electron chi connectivity index (χ3n) is 5.45. The van der Waals surface area contributed by atoms with Gasteiger partial charge in [-0.05, 0) is 5.56 Å². The maximum Gasteiger partial charge on any atom is 0.245 e. The van der Waals surface area contributed by atoms with Gasteiger partial charge in [0.1, 0.15) is 5.72 Å². The number of carbonyl (C=O) groups excluding carboxylic acids is 1. The van der Waals surface area contributed by atoms with E-state index in [2.05, 4.69) is 5.32 Å². The topological polar surface area (TPSA) is 121 Å². The van der Waals surface area contributed by atoms with Crippen LogP contribution in [-0.2, 0) is 4.79 Å². The van der Waals surface area contributed by atoms with Crippen molar-refractivity contribution >= 4 is 5.91 Å². The van der Waals surface area contributed by atoms with Crippen molar-refractivity contribution in [1.29, 1.82) is 15.8 Å². The third kappa shape index (κ3) is 1.50. The summed E-state index contributed by atoms with van der Waals surface area (Å²) < 4.78 is 0. The van der Waals surface area contributed by atoms with Gasteiger partial charge in [0.25, 0.3) is 0 Å². The lowest BCUT2D eigenvalue weighted by atomic mass is 9.48. The fraction of sp³-hybridized carbons (Fsp3) is 0.412. The minimum atomic E-state index is -1.91. The largest absolute Gasteiger partial charge is 0.371 e. The zero-order valence-electron chi connectivity index (χ0n) is 12.4. The van der Waals surface area contributed by atoms with Crippen LogP contribution >= 0.6 is 0 Å². The number of nitrogens with zero attached hydrogens (tertiary/aromatic N) is 3. The van der Waals surface area contributed by atoms with Gasteiger partial charge in [-0.15, -0.1) is 0 Å². The molecule has 6 nitrogen and oxygen atoms in total. The van der Waals surface area contributed by atoms with E-state index < -0.39 is 34.3 Å². The summed E-state index contributed by atoms with van der Waals surface area (Å²) in [4.78, 5) is 12.5. The van der Waals surface area contributed by atoms with Gasteiger partial charge in [0.05, 0.1) is 18.2 Å². The fourth-order valence-corrected chi connectivity index (χ4v) is 4.09. The number of aliphatic hydroxyl groups is 1. The molecule has 1 amide bonds. The summed E-state index contributed by atoms with van der Waals surface area (Å²) in [5.74, 6) is -2.37. The minimum absolute atomic E-state index is 0.00840. The molecule has 114 valence electrons. The van der Waals surface area contributed by atoms with Crippen LogP contribution in [0.3, 0.4) is 0 Å². The van der Waals surface area contributed by atoms with E-state index in [1.54, 1.807) is 30.3 Å². The van der Waals surface area contributed by atoms with Gasteiger partial charge < -0.3 is 10.4 Å². The average molecular weight is 306 g/mol. The number of rotatable bonds is 1. The molecule has 2 bridgehead atoms. The first-order valence-corrected chi connectivity index (χ1v) is 7.25. The summed E-state index contributed by atoms with van der Waals surface area (Å²) in [6, 6.07) is 14.6. The Labute approximate surface area is 133 Å². The summed E-state index contributed by atoms with van der Waals surface area (Å²) in [6.45, 7) is 1.53. The van der Waals surface area contributed by atoms with Gasteiger partial charge >= 0.3 is 0 Å². The molecule has 1 heterocycles. The van der Waals surface area contributed by atoms with Crippen molar-refractivity contribution in [3.05, 3.63) is 35.9 Å². The molecular weight excluding hydrogens is 292 g/mol. The first-order chi connectivity index (χ1) is 10.9. The number of nitrogens with one attached hydrogen (secondary N) is 1. The molecule has 0 unspecified atom stereocenters. The van der Waals surface area contributed by atoms with Gasteiger partial charge in [-0.3, -0.25) is 4.79 Å². The molecule has 1 saturated heterocycles. The van der Waals surface area contributed by atoms with Crippen molar-refractivity contribution in [2.75, 3.05) is 0 Å². The number of nitriles is 3. The Balaban J connectivity index is 2.34. The van der Waals surface area contributed by atoms with E-state index in [-0.39, 0.29) is 6.42 Å². The highest BCUT2D eigenvalue weighted by molar-refractivity contribution is 5.92. The molecule has 1 saturated carbocycles. The van der Waals surface area contributed by atoms with Gasteiger partial charge in [0, 0.05) is 18.3 Å². The standard InChI is InChI=1S/C17H14N4O2/c1-11-16(10-20)14(22)21-17(11,23)7-13(15(16,8-18)9-19)12-5-3-2-4-6-12/h2-6,11,13,23H,7H2,1H3,(H,21,22)/t11-,13-,16-,17+/m1/s1. The van der Waals surface area contributed by atoms with Gasteiger partial charge in [0.15, 0.2) is 10.8 Å². The van der Waals surface area contributed by atoms with Crippen molar-refractivity contribution in [2.24, 2.45) is 16.7 Å². The molecule has 0 spiro atoms. The van der Waals surface area contributed by atoms with Crippen LogP contribution in [0.2, 0.25) is 0 Å². The van der Waals surface area contributed by atoms with Crippen LogP contribution in [0, 0.1) is 50.7 Å². The first kappa shape index (κ1) is 15.0. The van der Waals surface area contributed by atoms with Crippen molar-refractivity contribution in [3.8, 4) is 18.2 Å². The van der Waals surface area contributed by atoms with Crippen molar-refractivity contribution in [2.45, 2.75) is 25.0 Å². The second-order valence-electron chi connectivity index (χ2n) is 6.22. The molecule has 4 atom stereocenters. The molecule has 2 N–H and O–H groups in total. The molecule has 6 heteroatoms. The Morgan fingerprint density at radius 2 is 1.78 bits per heavy atom. The molecule has 1 aromatic carbocycles. The zero-order chi connectivity index (χ0) is 16.9. The number of amides is 1. The predicted molar refractivity (Wildman–Crippen MR) is 77.8 cm³/mol. The van der Waals surface area contributed by atoms with Crippen LogP contribution in [-0.4, -0.2) is 16.7 Å². The second-order valence-corrected chi connectivity index (χ2v) is 6.22. The Kier molecular flexibility index (Phi) is 2.98. The maximum atomic E-state index is 12.5. The maximum absolute atomic E-state index is 12.5. The van der Waals surface area contributed by atoms with Gasteiger partial charge in [0.2, 0.25) is 5.91 Å². The Hall–Kier alpha value is -2.88. The Morgan fingerprint density at radius 3 is 2.30 bits per heavy atom. The molecule has 23 heavy (non-hydrogen) atoms. The van der Waals surface area contributed by atoms with E-state index in [1.165, 1.54) is 6.92 Å². The average Bonchev–Trinajstić information content (AvgIpc) is 2.71. The SMILES string of the molecule is C[C@H]1[C@@]2(O)C[C@H](c3ccccc3)C(C#N)(C#N)[C@@]1(C#N)C(=O)N2. The second kappa shape index (κ2) is 4.56. The lowest BCUT2D eigenvalue weighted by Crippen LogP contribution is -2.57. The summed E-state index contributed by atoms with van der Waals surface area (Å²) in [6.07, 6.45) is 0.00840. The van der Waals surface area contributed by atoms with Crippen molar-refractivity contribution < 1.29 is 9.90 Å². The third-order valence-corrected chi connectivity index (χ3v) is 5.45. The fourth-order valence-electron chi connectivity index (χ4n) is 4.09. The molecule has 3 rings (SSSR count). The van der Waals surface area contributed by atoms with Crippen LogP contribution in [0.1, 0.15) is 24.8 Å². The molecule has 1 aliphatic carbocycles. The molecular formula is C17H14N4O2. The van der Waals surface area contributed by atoms with E-state index >= 15 is 0 Å². The highest BCUT2D eigenvalue weighted by Crippen LogP contribution is 2.64. The smallest absolute Gasteiger partial charge is 0.245 e. The van der Waals surface area contributed by atoms with Crippen LogP contribution < -0.4 is 5.32 Å². The monoisotopic (exact) mass is 306 g/mol. The van der Waals surface area contributed by atoms with E-state index in [0.29, 0.717) is 5.56 Å². The zero-order valence-corrected chi connectivity index (χ0v) is 12.4. The van der Waals surface area contributed by atoms with Crippen LogP contribution in [0.4, 0.5) is 0 Å². The van der Waals surface area contributed by atoms with Crippen molar-refractivity contribution in [1.82, 2.24) is 5.32 Å². The van der Waals surface area contributed by atoms with E-state index in [9.17, 15) is 25.7 Å². The van der Waals surface area contributed by atoms with Gasteiger partial charge in [-0.1, -0.05) is 37.3 Å². The van der Waals surface area contributed by atoms with E-state index in [4.69, 9.17) is 0 Å². The summed E-state index contributed by atoms with van der Waals surface area (Å²) in [7, 11) is 0. The van der Waals surface area contributed by atoms with Crippen LogP contribution in [0.25, 0.3) is 0 Å². The minimum Gasteiger partial charge on any atom is -0.371 e. The normalized spacial score (nSPS) is 37.1. The number of hydrogen-bond acceptors (Lipinski definition) is 5. The van der Waals surface area contributed by atoms with E-state index in [1.807, 2.05) is 18.2 Å². The van der Waals surface area contributed by atoms with Crippen LogP contribution in [0.15, 0.2) is 30.3 Å². The summed E-state index contributed by atoms with van der Waals surface area (Å²) >= 11 is 0. The predicted octanol–water partition coefficient (Wildman–Crippen LogP) is 1.17. The van der Waals surface area contributed by atoms with Crippen molar-refractivity contribution in [3.63, 3.8) is 0 Å². The Morgan fingerprint density at radius 1 is 1.17 bits per heavy atom. The summed E-state index contributed by atoms with van der Waals surface area (Å²) in [5, 5.41) is 42.7. The number of carbonyl (C=O) groups is 1. The number of benzene rings is 1. The molecule has 2 fully saturated rings. The van der Waals surface area contributed by atoms with Gasteiger partial charge in [-0.25, -0.2) is 0 Å². The van der Waals surface area contributed by atoms with E-state index in [0.717, 1.165) is 0 Å². The molecule has 1 aliphatic heterocycles. The van der Waals surface area contributed by atoms with Crippen LogP contribution in [0.5, 0.6) is 0 Å². The van der Waals surface area contributed by atoms with Gasteiger partial charge in [-0.2, -0.15) is 15.8 Å². The molecule has 0 radical (unpaired) electrons. The summed E-state index contributed by atoms with van der Waals surface area (Å²) in [5.41, 5.74) is -4.74. The highest BCUT2D eigenvalue weighted by Gasteiger charge is 2.77. The first-order valence-electron chi connectivity index (χ1n) is 7.25. The lowest BCUT2D eigenvalue weighted by molar-refractivity contribution is -0.130. The number of fused-ring (bicyclic) bond motifs is 2. The number of hydrogen-bond donors (Lipinski definition) is 2. The molecule has 0 aromatic heterocycles. The molecule has 1 aromatic rings. The Bertz CT molecular complexity index is 787. The quantitative estimate of drug-likeness (QED) is 0.806. The molecule has 2 aliphatic rings.